The van der Waals surface area contributed by atoms with Gasteiger partial charge in [-0.05, 0) is 12.0 Å². The van der Waals surface area contributed by atoms with Gasteiger partial charge in [-0.1, -0.05) is 30.3 Å². The van der Waals surface area contributed by atoms with Gasteiger partial charge in [-0.25, -0.2) is 4.98 Å². The van der Waals surface area contributed by atoms with Crippen LogP contribution in [0.5, 0.6) is 0 Å². The second-order valence-electron chi connectivity index (χ2n) is 3.71. The second-order valence-corrected chi connectivity index (χ2v) is 3.71. The first-order valence-electron chi connectivity index (χ1n) is 5.36. The minimum absolute atomic E-state index is 0.401. The van der Waals surface area contributed by atoms with Crippen molar-refractivity contribution in [1.82, 2.24) is 9.55 Å². The summed E-state index contributed by atoms with van der Waals surface area (Å²) in [6.07, 6.45) is 5.97. The van der Waals surface area contributed by atoms with Crippen molar-refractivity contribution in [3.8, 4) is 0 Å². The number of nitrogens with zero attached hydrogens (tertiary/aromatic N) is 2. The summed E-state index contributed by atoms with van der Waals surface area (Å²) in [6.45, 7) is 0.899. The predicted octanol–water partition coefficient (Wildman–Crippen LogP) is 1.87. The normalized spacial score (nSPS) is 10.2. The Morgan fingerprint density at radius 3 is 2.81 bits per heavy atom. The van der Waals surface area contributed by atoms with Crippen molar-refractivity contribution in [3.05, 3.63) is 54.1 Å². The van der Waals surface area contributed by atoms with Crippen LogP contribution in [0.3, 0.4) is 0 Å². The fraction of sp³-hybridized carbons (Fsp3) is 0.231. The average molecular weight is 214 g/mol. The van der Waals surface area contributed by atoms with Crippen molar-refractivity contribution >= 4 is 6.29 Å². The quantitative estimate of drug-likeness (QED) is 0.712. The van der Waals surface area contributed by atoms with Gasteiger partial charge in [0.25, 0.3) is 0 Å². The standard InChI is InChI=1S/C13H14N2O/c16-9-7-13-10-15(11-14-13)8-6-12-4-2-1-3-5-12/h1-5,9-11H,6-8H2. The first-order chi connectivity index (χ1) is 7.88. The van der Waals surface area contributed by atoms with Crippen LogP contribution in [0.1, 0.15) is 11.3 Å². The number of aldehydes is 1. The van der Waals surface area contributed by atoms with E-state index >= 15 is 0 Å². The van der Waals surface area contributed by atoms with Crippen molar-refractivity contribution < 1.29 is 4.79 Å². The highest BCUT2D eigenvalue weighted by Gasteiger charge is 1.98. The van der Waals surface area contributed by atoms with Crippen LogP contribution >= 0.6 is 0 Å². The number of hydrogen-bond donors (Lipinski definition) is 0. The van der Waals surface area contributed by atoms with Gasteiger partial charge in [0, 0.05) is 19.2 Å². The number of benzene rings is 1. The van der Waals surface area contributed by atoms with Gasteiger partial charge in [-0.15, -0.1) is 0 Å². The van der Waals surface area contributed by atoms with E-state index < -0.39 is 0 Å². The number of imidazole rings is 1. The van der Waals surface area contributed by atoms with Gasteiger partial charge in [-0.2, -0.15) is 0 Å². The molecule has 0 saturated carbocycles. The van der Waals surface area contributed by atoms with Crippen molar-refractivity contribution in [2.45, 2.75) is 19.4 Å². The molecule has 82 valence electrons. The van der Waals surface area contributed by atoms with E-state index in [9.17, 15) is 4.79 Å². The van der Waals surface area contributed by atoms with Gasteiger partial charge >= 0.3 is 0 Å². The summed E-state index contributed by atoms with van der Waals surface area (Å²) < 4.78 is 2.02. The van der Waals surface area contributed by atoms with Crippen LogP contribution in [0.2, 0.25) is 0 Å². The molecule has 0 unspecified atom stereocenters. The molecule has 0 radical (unpaired) electrons. The Kier molecular flexibility index (Phi) is 3.49. The first kappa shape index (κ1) is 10.6. The van der Waals surface area contributed by atoms with Gasteiger partial charge in [0.05, 0.1) is 12.0 Å². The number of aryl methyl sites for hydroxylation is 2. The average Bonchev–Trinajstić information content (AvgIpc) is 2.76. The fourth-order valence-electron chi connectivity index (χ4n) is 1.62. The van der Waals surface area contributed by atoms with Crippen molar-refractivity contribution in [2.24, 2.45) is 0 Å². The molecule has 0 amide bonds. The predicted molar refractivity (Wildman–Crippen MR) is 62.1 cm³/mol. The zero-order valence-electron chi connectivity index (χ0n) is 9.04. The molecule has 3 heteroatoms. The Bertz CT molecular complexity index is 448. The molecule has 0 aliphatic heterocycles. The maximum Gasteiger partial charge on any atom is 0.125 e. The number of hydrogen-bond acceptors (Lipinski definition) is 2. The maximum absolute atomic E-state index is 10.3. The topological polar surface area (TPSA) is 34.9 Å². The van der Waals surface area contributed by atoms with E-state index in [4.69, 9.17) is 0 Å². The summed E-state index contributed by atoms with van der Waals surface area (Å²) >= 11 is 0. The highest BCUT2D eigenvalue weighted by molar-refractivity contribution is 5.53. The van der Waals surface area contributed by atoms with Crippen LogP contribution in [-0.2, 0) is 24.2 Å². The van der Waals surface area contributed by atoms with E-state index in [1.54, 1.807) is 6.33 Å². The van der Waals surface area contributed by atoms with Crippen LogP contribution in [0.25, 0.3) is 0 Å². The zero-order valence-corrected chi connectivity index (χ0v) is 9.04. The molecule has 2 aromatic rings. The van der Waals surface area contributed by atoms with E-state index in [0.717, 1.165) is 24.9 Å². The van der Waals surface area contributed by atoms with Crippen molar-refractivity contribution in [3.63, 3.8) is 0 Å². The molecule has 0 atom stereocenters. The lowest BCUT2D eigenvalue weighted by Crippen LogP contribution is -1.98. The largest absolute Gasteiger partial charge is 0.337 e. The third-order valence-electron chi connectivity index (χ3n) is 2.48. The van der Waals surface area contributed by atoms with Crippen LogP contribution in [0.4, 0.5) is 0 Å². The summed E-state index contributed by atoms with van der Waals surface area (Å²) in [5, 5.41) is 0. The number of carbonyl (C=O) groups excluding carboxylic acids is 1. The van der Waals surface area contributed by atoms with Gasteiger partial charge < -0.3 is 9.36 Å². The molecule has 0 aliphatic carbocycles. The third-order valence-corrected chi connectivity index (χ3v) is 2.48. The highest BCUT2D eigenvalue weighted by atomic mass is 16.1. The van der Waals surface area contributed by atoms with Crippen molar-refractivity contribution in [2.75, 3.05) is 0 Å². The van der Waals surface area contributed by atoms with Crippen LogP contribution in [-0.4, -0.2) is 15.8 Å². The van der Waals surface area contributed by atoms with Gasteiger partial charge in [0.15, 0.2) is 0 Å². The Hall–Kier alpha value is -1.90. The van der Waals surface area contributed by atoms with Gasteiger partial charge in [-0.3, -0.25) is 0 Å². The second kappa shape index (κ2) is 5.26. The molecule has 0 N–H and O–H groups in total. The van der Waals surface area contributed by atoms with Gasteiger partial charge in [0.1, 0.15) is 6.29 Å². The lowest BCUT2D eigenvalue weighted by molar-refractivity contribution is -0.107. The van der Waals surface area contributed by atoms with Crippen molar-refractivity contribution in [1.29, 1.82) is 0 Å². The minimum Gasteiger partial charge on any atom is -0.337 e. The number of carbonyl (C=O) groups is 1. The van der Waals surface area contributed by atoms with E-state index in [1.165, 1.54) is 5.56 Å². The molecule has 1 heterocycles. The highest BCUT2D eigenvalue weighted by Crippen LogP contribution is 2.03. The lowest BCUT2D eigenvalue weighted by atomic mass is 10.1. The Morgan fingerprint density at radius 2 is 2.06 bits per heavy atom. The number of aromatic nitrogens is 2. The van der Waals surface area contributed by atoms with Crippen LogP contribution in [0.15, 0.2) is 42.9 Å². The summed E-state index contributed by atoms with van der Waals surface area (Å²) in [4.78, 5) is 14.5. The molecular weight excluding hydrogens is 200 g/mol. The SMILES string of the molecule is O=CCc1cn(CCc2ccccc2)cn1. The molecule has 0 bridgehead atoms. The summed E-state index contributed by atoms with van der Waals surface area (Å²) in [5.41, 5.74) is 2.15. The van der Waals surface area contributed by atoms with E-state index in [0.29, 0.717) is 6.42 Å². The molecule has 0 aliphatic rings. The molecule has 3 nitrogen and oxygen atoms in total. The van der Waals surface area contributed by atoms with Crippen LogP contribution in [0, 0.1) is 0 Å². The third kappa shape index (κ3) is 2.79. The summed E-state index contributed by atoms with van der Waals surface area (Å²) in [7, 11) is 0. The Labute approximate surface area is 94.7 Å². The van der Waals surface area contributed by atoms with E-state index in [2.05, 4.69) is 17.1 Å². The summed E-state index contributed by atoms with van der Waals surface area (Å²) in [6, 6.07) is 10.3. The molecule has 2 rings (SSSR count). The number of rotatable bonds is 5. The minimum atomic E-state index is 0.401. The Balaban J connectivity index is 1.92. The molecule has 0 saturated heterocycles. The molecule has 0 spiro atoms. The fourth-order valence-corrected chi connectivity index (χ4v) is 1.62. The van der Waals surface area contributed by atoms with E-state index in [-0.39, 0.29) is 0 Å². The zero-order chi connectivity index (χ0) is 11.2. The molecule has 0 fully saturated rings. The lowest BCUT2D eigenvalue weighted by Gasteiger charge is -2.01. The van der Waals surface area contributed by atoms with Crippen LogP contribution < -0.4 is 0 Å². The summed E-state index contributed by atoms with van der Waals surface area (Å²) in [5.74, 6) is 0. The maximum atomic E-state index is 10.3. The first-order valence-corrected chi connectivity index (χ1v) is 5.36. The smallest absolute Gasteiger partial charge is 0.125 e. The monoisotopic (exact) mass is 214 g/mol. The molecule has 16 heavy (non-hydrogen) atoms. The van der Waals surface area contributed by atoms with Gasteiger partial charge in [0.2, 0.25) is 0 Å². The molecule has 1 aromatic heterocycles. The Morgan fingerprint density at radius 1 is 1.25 bits per heavy atom. The van der Waals surface area contributed by atoms with E-state index in [1.807, 2.05) is 29.0 Å². The molecule has 1 aromatic carbocycles. The molecular formula is C13H14N2O.